The first-order valence-electron chi connectivity index (χ1n) is 10.6. The highest BCUT2D eigenvalue weighted by Crippen LogP contribution is 2.13. The van der Waals surface area contributed by atoms with E-state index in [4.69, 9.17) is 0 Å². The van der Waals surface area contributed by atoms with Gasteiger partial charge in [-0.15, -0.1) is 0 Å². The first-order chi connectivity index (χ1) is 16.5. The molecule has 0 aliphatic rings. The van der Waals surface area contributed by atoms with Crippen molar-refractivity contribution >= 4 is 36.4 Å². The number of carbonyl (C=O) groups is 2. The molecule has 0 fully saturated rings. The number of hydrogen-bond donors (Lipinski definition) is 2. The van der Waals surface area contributed by atoms with Crippen molar-refractivity contribution in [1.82, 2.24) is 15.8 Å². The van der Waals surface area contributed by atoms with Crippen LogP contribution in [-0.2, 0) is 0 Å². The molecular weight excluding hydrogens is 426 g/mol. The van der Waals surface area contributed by atoms with Gasteiger partial charge in [-0.2, -0.15) is 10.2 Å². The number of hydrogen-bond acceptors (Lipinski definition) is 5. The van der Waals surface area contributed by atoms with Gasteiger partial charge in [-0.25, -0.2) is 10.9 Å². The molecule has 0 aliphatic heterocycles. The fraction of sp³-hybridized carbons (Fsp3) is 0.0741. The maximum absolute atomic E-state index is 12.6. The maximum Gasteiger partial charge on any atom is 0.273 e. The summed E-state index contributed by atoms with van der Waals surface area (Å²) in [5.41, 5.74) is 8.46. The Morgan fingerprint density at radius 1 is 0.706 bits per heavy atom. The summed E-state index contributed by atoms with van der Waals surface area (Å²) in [6, 6.07) is 21.0. The summed E-state index contributed by atoms with van der Waals surface area (Å²) >= 11 is 0. The lowest BCUT2D eigenvalue weighted by Gasteiger charge is -2.09. The zero-order chi connectivity index (χ0) is 24.2. The summed E-state index contributed by atoms with van der Waals surface area (Å²) in [5, 5.41) is 7.85. The lowest BCUT2D eigenvalue weighted by atomic mass is 10.1. The summed E-state index contributed by atoms with van der Waals surface area (Å²) in [7, 11) is 0. The Balaban J connectivity index is 1.60. The number of nitrogens with one attached hydrogen (secondary N) is 2. The first kappa shape index (κ1) is 24.0. The van der Waals surface area contributed by atoms with E-state index in [0.29, 0.717) is 11.4 Å². The molecule has 0 aliphatic carbocycles. The van der Waals surface area contributed by atoms with Gasteiger partial charge < -0.3 is 0 Å². The summed E-state index contributed by atoms with van der Waals surface area (Å²) < 4.78 is 0. The second-order valence-corrected chi connectivity index (χ2v) is 7.23. The third kappa shape index (κ3) is 7.20. The minimum Gasteiger partial charge on any atom is -0.267 e. The number of amides is 2. The Labute approximate surface area is 198 Å². The lowest BCUT2D eigenvalue weighted by molar-refractivity contribution is 0.0954. The number of rotatable bonds is 8. The van der Waals surface area contributed by atoms with Crippen molar-refractivity contribution in [1.29, 1.82) is 0 Å². The van der Waals surface area contributed by atoms with Gasteiger partial charge in [0.1, 0.15) is 0 Å². The van der Waals surface area contributed by atoms with E-state index < -0.39 is 11.8 Å². The quantitative estimate of drug-likeness (QED) is 0.388. The molecule has 34 heavy (non-hydrogen) atoms. The Kier molecular flexibility index (Phi) is 8.76. The number of aromatic nitrogens is 1. The molecule has 0 radical (unpaired) electrons. The van der Waals surface area contributed by atoms with Crippen LogP contribution in [0.5, 0.6) is 0 Å². The average molecular weight is 452 g/mol. The van der Waals surface area contributed by atoms with Gasteiger partial charge in [-0.1, -0.05) is 72.8 Å². The molecule has 1 aromatic heterocycles. The van der Waals surface area contributed by atoms with Crippen molar-refractivity contribution < 1.29 is 9.59 Å². The zero-order valence-electron chi connectivity index (χ0n) is 19.0. The number of benzene rings is 2. The molecular formula is C27H25N5O2. The second kappa shape index (κ2) is 12.4. The minimum absolute atomic E-state index is 0.257. The molecule has 7 nitrogen and oxygen atoms in total. The highest BCUT2D eigenvalue weighted by atomic mass is 16.2. The normalized spacial score (nSPS) is 11.6. The van der Waals surface area contributed by atoms with Crippen molar-refractivity contribution in [2.75, 3.05) is 0 Å². The molecule has 2 N–H and O–H groups in total. The monoisotopic (exact) mass is 451 g/mol. The lowest BCUT2D eigenvalue weighted by Crippen LogP contribution is -2.23. The SMILES string of the molecule is Cc1nc(C)c(C(=O)NN=CC=Cc2ccccc2)cc1C(=O)NN=CC=Cc1ccccc1. The van der Waals surface area contributed by atoms with E-state index in [1.54, 1.807) is 26.0 Å². The molecule has 3 rings (SSSR count). The molecule has 0 atom stereocenters. The molecule has 2 aromatic carbocycles. The number of pyridine rings is 1. The van der Waals surface area contributed by atoms with Gasteiger partial charge in [0.15, 0.2) is 0 Å². The second-order valence-electron chi connectivity index (χ2n) is 7.23. The van der Waals surface area contributed by atoms with Gasteiger partial charge in [0.05, 0.1) is 22.5 Å². The smallest absolute Gasteiger partial charge is 0.267 e. The van der Waals surface area contributed by atoms with E-state index >= 15 is 0 Å². The van der Waals surface area contributed by atoms with Crippen LogP contribution in [0.25, 0.3) is 12.2 Å². The van der Waals surface area contributed by atoms with Crippen LogP contribution >= 0.6 is 0 Å². The number of hydrazone groups is 2. The first-order valence-corrected chi connectivity index (χ1v) is 10.6. The molecule has 2 amide bonds. The Morgan fingerprint density at radius 2 is 1.12 bits per heavy atom. The number of allylic oxidation sites excluding steroid dienone is 2. The molecule has 170 valence electrons. The zero-order valence-corrected chi connectivity index (χ0v) is 19.0. The highest BCUT2D eigenvalue weighted by molar-refractivity contribution is 6.01. The number of carbonyl (C=O) groups excluding carboxylic acids is 2. The summed E-state index contributed by atoms with van der Waals surface area (Å²) in [5.74, 6) is -0.921. The fourth-order valence-electron chi connectivity index (χ4n) is 3.02. The maximum atomic E-state index is 12.6. The minimum atomic E-state index is -0.460. The summed E-state index contributed by atoms with van der Waals surface area (Å²) in [6.45, 7) is 3.41. The van der Waals surface area contributed by atoms with E-state index in [1.165, 1.54) is 18.5 Å². The summed E-state index contributed by atoms with van der Waals surface area (Å²) in [6.07, 6.45) is 10.1. The molecule has 0 saturated carbocycles. The van der Waals surface area contributed by atoms with E-state index in [9.17, 15) is 9.59 Å². The fourth-order valence-corrected chi connectivity index (χ4v) is 3.02. The molecule has 0 bridgehead atoms. The number of nitrogens with zero attached hydrogens (tertiary/aromatic N) is 3. The topological polar surface area (TPSA) is 95.8 Å². The van der Waals surface area contributed by atoms with Crippen LogP contribution < -0.4 is 10.9 Å². The van der Waals surface area contributed by atoms with Crippen molar-refractivity contribution in [2.45, 2.75) is 13.8 Å². The van der Waals surface area contributed by atoms with Gasteiger partial charge in [-0.3, -0.25) is 14.6 Å². The summed E-state index contributed by atoms with van der Waals surface area (Å²) in [4.78, 5) is 29.4. The molecule has 0 unspecified atom stereocenters. The van der Waals surface area contributed by atoms with Crippen LogP contribution in [0.4, 0.5) is 0 Å². The number of aryl methyl sites for hydroxylation is 2. The van der Waals surface area contributed by atoms with Gasteiger partial charge in [0.2, 0.25) is 0 Å². The van der Waals surface area contributed by atoms with Crippen LogP contribution in [0.1, 0.15) is 43.2 Å². The largest absolute Gasteiger partial charge is 0.273 e. The average Bonchev–Trinajstić information content (AvgIpc) is 2.84. The predicted octanol–water partition coefficient (Wildman–Crippen LogP) is 4.56. The van der Waals surface area contributed by atoms with Crippen LogP contribution in [0.3, 0.4) is 0 Å². The van der Waals surface area contributed by atoms with E-state index in [2.05, 4.69) is 26.0 Å². The molecule has 7 heteroatoms. The van der Waals surface area contributed by atoms with Crippen LogP contribution in [0.15, 0.2) is 89.1 Å². The van der Waals surface area contributed by atoms with Crippen LogP contribution in [0.2, 0.25) is 0 Å². The third-order valence-electron chi connectivity index (χ3n) is 4.72. The highest BCUT2D eigenvalue weighted by Gasteiger charge is 2.17. The standard InChI is InChI=1S/C27H25N5O2/c1-20-24(26(33)31-28-17-9-15-22-11-5-3-6-12-22)19-25(21(2)30-20)27(34)32-29-18-10-16-23-13-7-4-8-14-23/h3-19H,1-2H3,(H,31,33)(H,32,34). The Morgan fingerprint density at radius 3 is 1.53 bits per heavy atom. The van der Waals surface area contributed by atoms with Crippen LogP contribution in [0, 0.1) is 13.8 Å². The molecule has 0 spiro atoms. The van der Waals surface area contributed by atoms with E-state index in [0.717, 1.165) is 11.1 Å². The van der Waals surface area contributed by atoms with Gasteiger partial charge in [0, 0.05) is 12.4 Å². The van der Waals surface area contributed by atoms with Crippen LogP contribution in [-0.4, -0.2) is 29.2 Å². The van der Waals surface area contributed by atoms with E-state index in [-0.39, 0.29) is 11.1 Å². The van der Waals surface area contributed by atoms with E-state index in [1.807, 2.05) is 72.8 Å². The van der Waals surface area contributed by atoms with Crippen molar-refractivity contribution in [3.63, 3.8) is 0 Å². The Hall–Kier alpha value is -4.65. The molecule has 3 aromatic rings. The van der Waals surface area contributed by atoms with Gasteiger partial charge in [0.25, 0.3) is 11.8 Å². The van der Waals surface area contributed by atoms with Gasteiger partial charge in [-0.05, 0) is 43.2 Å². The van der Waals surface area contributed by atoms with Crippen molar-refractivity contribution in [3.8, 4) is 0 Å². The third-order valence-corrected chi connectivity index (χ3v) is 4.72. The van der Waals surface area contributed by atoms with Crippen molar-refractivity contribution in [2.24, 2.45) is 10.2 Å². The predicted molar refractivity (Wildman–Crippen MR) is 137 cm³/mol. The van der Waals surface area contributed by atoms with Gasteiger partial charge >= 0.3 is 0 Å². The molecule has 1 heterocycles. The molecule has 0 saturated heterocycles. The van der Waals surface area contributed by atoms with Crippen molar-refractivity contribution in [3.05, 3.63) is 113 Å². The Bertz CT molecular complexity index is 1150.